The first-order chi connectivity index (χ1) is 16.2. The molecule has 0 aliphatic carbocycles. The summed E-state index contributed by atoms with van der Waals surface area (Å²) in [6.07, 6.45) is 4.44. The van der Waals surface area contributed by atoms with E-state index in [-0.39, 0.29) is 23.9 Å². The molecule has 0 unspecified atom stereocenters. The van der Waals surface area contributed by atoms with Crippen molar-refractivity contribution in [2.45, 2.75) is 38.1 Å². The number of hydrogen-bond donors (Lipinski definition) is 1. The molecule has 2 atom stereocenters. The molecule has 0 bridgehead atoms. The molecular weight excluding hydrogens is 418 g/mol. The largest absolute Gasteiger partial charge is 0.490 e. The Labute approximate surface area is 194 Å². The summed E-state index contributed by atoms with van der Waals surface area (Å²) in [4.78, 5) is 30.1. The van der Waals surface area contributed by atoms with Crippen LogP contribution in [-0.2, 0) is 4.79 Å². The summed E-state index contributed by atoms with van der Waals surface area (Å²) in [7, 11) is 0. The third-order valence-corrected chi connectivity index (χ3v) is 6.78. The van der Waals surface area contributed by atoms with E-state index in [9.17, 15) is 9.59 Å². The maximum Gasteiger partial charge on any atom is 0.321 e. The SMILES string of the molecule is O=C(Nc1ccccc1)N1CCC[C@H](C(=O)N2CCC[C@H]2c2ccc3c(c2)OCCCO3)C1. The molecule has 3 heterocycles. The number of ether oxygens (including phenoxy) is 2. The second-order valence-electron chi connectivity index (χ2n) is 9.03. The number of nitrogens with zero attached hydrogens (tertiary/aromatic N) is 2. The number of urea groups is 1. The molecule has 0 aromatic heterocycles. The molecule has 0 spiro atoms. The minimum absolute atomic E-state index is 0.0446. The molecule has 1 N–H and O–H groups in total. The molecule has 0 saturated carbocycles. The number of rotatable bonds is 3. The predicted molar refractivity (Wildman–Crippen MR) is 125 cm³/mol. The number of fused-ring (bicyclic) bond motifs is 1. The molecule has 2 fully saturated rings. The summed E-state index contributed by atoms with van der Waals surface area (Å²) in [5.41, 5.74) is 1.87. The second kappa shape index (κ2) is 9.73. The number of carbonyl (C=O) groups is 2. The van der Waals surface area contributed by atoms with Gasteiger partial charge in [0, 0.05) is 31.7 Å². The van der Waals surface area contributed by atoms with Gasteiger partial charge in [-0.2, -0.15) is 0 Å². The maximum atomic E-state index is 13.6. The van der Waals surface area contributed by atoms with Crippen LogP contribution in [-0.4, -0.2) is 54.6 Å². The fourth-order valence-electron chi connectivity index (χ4n) is 5.09. The predicted octanol–water partition coefficient (Wildman–Crippen LogP) is 4.46. The molecule has 2 aromatic carbocycles. The van der Waals surface area contributed by atoms with Crippen molar-refractivity contribution < 1.29 is 19.1 Å². The maximum absolute atomic E-state index is 13.6. The van der Waals surface area contributed by atoms with E-state index in [2.05, 4.69) is 11.4 Å². The van der Waals surface area contributed by atoms with Crippen LogP contribution in [0.25, 0.3) is 0 Å². The topological polar surface area (TPSA) is 71.1 Å². The smallest absolute Gasteiger partial charge is 0.321 e. The fourth-order valence-corrected chi connectivity index (χ4v) is 5.09. The lowest BCUT2D eigenvalue weighted by atomic mass is 9.95. The van der Waals surface area contributed by atoms with Crippen molar-refractivity contribution in [3.05, 3.63) is 54.1 Å². The van der Waals surface area contributed by atoms with E-state index in [0.29, 0.717) is 26.3 Å². The highest BCUT2D eigenvalue weighted by atomic mass is 16.5. The molecule has 5 rings (SSSR count). The fraction of sp³-hybridized carbons (Fsp3) is 0.462. The summed E-state index contributed by atoms with van der Waals surface area (Å²) in [6, 6.07) is 15.4. The molecule has 2 saturated heterocycles. The highest BCUT2D eigenvalue weighted by Gasteiger charge is 2.37. The molecule has 7 heteroatoms. The Bertz CT molecular complexity index is 996. The number of likely N-dealkylation sites (tertiary alicyclic amines) is 2. The Morgan fingerprint density at radius 3 is 2.52 bits per heavy atom. The quantitative estimate of drug-likeness (QED) is 0.751. The lowest BCUT2D eigenvalue weighted by molar-refractivity contribution is -0.137. The average molecular weight is 450 g/mol. The van der Waals surface area contributed by atoms with E-state index in [1.54, 1.807) is 4.90 Å². The zero-order valence-corrected chi connectivity index (χ0v) is 18.9. The van der Waals surface area contributed by atoms with Crippen LogP contribution in [0.15, 0.2) is 48.5 Å². The Kier molecular flexibility index (Phi) is 6.37. The van der Waals surface area contributed by atoms with Gasteiger partial charge in [-0.15, -0.1) is 0 Å². The number of piperidine rings is 1. The van der Waals surface area contributed by atoms with E-state index >= 15 is 0 Å². The van der Waals surface area contributed by atoms with Crippen LogP contribution in [0.1, 0.15) is 43.7 Å². The summed E-state index contributed by atoms with van der Waals surface area (Å²) >= 11 is 0. The summed E-state index contributed by atoms with van der Waals surface area (Å²) < 4.78 is 11.6. The van der Waals surface area contributed by atoms with Crippen molar-refractivity contribution in [1.82, 2.24) is 9.80 Å². The number of nitrogens with one attached hydrogen (secondary N) is 1. The van der Waals surface area contributed by atoms with Crippen LogP contribution in [0.4, 0.5) is 10.5 Å². The van der Waals surface area contributed by atoms with E-state index in [0.717, 1.165) is 61.4 Å². The number of benzene rings is 2. The monoisotopic (exact) mass is 449 g/mol. The van der Waals surface area contributed by atoms with Gasteiger partial charge in [0.2, 0.25) is 5.91 Å². The van der Waals surface area contributed by atoms with Gasteiger partial charge in [0.15, 0.2) is 11.5 Å². The van der Waals surface area contributed by atoms with E-state index < -0.39 is 0 Å². The lowest BCUT2D eigenvalue weighted by Crippen LogP contribution is -2.47. The van der Waals surface area contributed by atoms with Gasteiger partial charge in [-0.1, -0.05) is 24.3 Å². The van der Waals surface area contributed by atoms with Crippen LogP contribution in [0.3, 0.4) is 0 Å². The first-order valence-electron chi connectivity index (χ1n) is 12.0. The van der Waals surface area contributed by atoms with Gasteiger partial charge in [0.25, 0.3) is 0 Å². The van der Waals surface area contributed by atoms with Crippen molar-refractivity contribution in [3.8, 4) is 11.5 Å². The molecular formula is C26H31N3O4. The summed E-state index contributed by atoms with van der Waals surface area (Å²) in [5, 5.41) is 2.95. The van der Waals surface area contributed by atoms with Crippen LogP contribution in [0.5, 0.6) is 11.5 Å². The van der Waals surface area contributed by atoms with Crippen molar-refractivity contribution in [3.63, 3.8) is 0 Å². The van der Waals surface area contributed by atoms with Crippen molar-refractivity contribution in [2.24, 2.45) is 5.92 Å². The van der Waals surface area contributed by atoms with Crippen LogP contribution in [0, 0.1) is 5.92 Å². The molecule has 3 aliphatic rings. The van der Waals surface area contributed by atoms with Crippen molar-refractivity contribution in [2.75, 3.05) is 38.2 Å². The van der Waals surface area contributed by atoms with Crippen LogP contribution >= 0.6 is 0 Å². The summed E-state index contributed by atoms with van der Waals surface area (Å²) in [5.74, 6) is 1.54. The molecule has 3 aliphatic heterocycles. The molecule has 2 aromatic rings. The van der Waals surface area contributed by atoms with Gasteiger partial charge < -0.3 is 24.6 Å². The van der Waals surface area contributed by atoms with Crippen molar-refractivity contribution >= 4 is 17.6 Å². The zero-order valence-electron chi connectivity index (χ0n) is 18.9. The molecule has 33 heavy (non-hydrogen) atoms. The number of anilines is 1. The lowest BCUT2D eigenvalue weighted by Gasteiger charge is -2.35. The van der Waals surface area contributed by atoms with Crippen LogP contribution in [0.2, 0.25) is 0 Å². The van der Waals surface area contributed by atoms with Gasteiger partial charge in [-0.05, 0) is 55.5 Å². The number of amides is 3. The van der Waals surface area contributed by atoms with E-state index in [1.807, 2.05) is 47.4 Å². The zero-order chi connectivity index (χ0) is 22.6. The van der Waals surface area contributed by atoms with Crippen molar-refractivity contribution in [1.29, 1.82) is 0 Å². The number of para-hydroxylation sites is 1. The van der Waals surface area contributed by atoms with E-state index in [1.165, 1.54) is 0 Å². The highest BCUT2D eigenvalue weighted by Crippen LogP contribution is 2.39. The third-order valence-electron chi connectivity index (χ3n) is 6.78. The van der Waals surface area contributed by atoms with Gasteiger partial charge in [-0.25, -0.2) is 4.79 Å². The average Bonchev–Trinajstić information content (AvgIpc) is 3.23. The molecule has 7 nitrogen and oxygen atoms in total. The first-order valence-corrected chi connectivity index (χ1v) is 12.0. The van der Waals surface area contributed by atoms with Crippen LogP contribution < -0.4 is 14.8 Å². The van der Waals surface area contributed by atoms with E-state index in [4.69, 9.17) is 9.47 Å². The minimum Gasteiger partial charge on any atom is -0.490 e. The first kappa shape index (κ1) is 21.6. The van der Waals surface area contributed by atoms with Gasteiger partial charge in [0.05, 0.1) is 25.2 Å². The number of carbonyl (C=O) groups excluding carboxylic acids is 2. The minimum atomic E-state index is -0.165. The Morgan fingerprint density at radius 1 is 0.879 bits per heavy atom. The summed E-state index contributed by atoms with van der Waals surface area (Å²) in [6.45, 7) is 3.20. The normalized spacial score (nSPS) is 22.5. The van der Waals surface area contributed by atoms with Gasteiger partial charge in [0.1, 0.15) is 0 Å². The standard InChI is InChI=1S/C26H31N3O4/c30-25(20-7-4-13-28(18-20)26(31)27-21-8-2-1-3-9-21)29-14-5-10-22(29)19-11-12-23-24(17-19)33-16-6-15-32-23/h1-3,8-9,11-12,17,20,22H,4-7,10,13-16,18H2,(H,27,31)/t20-,22-/m0/s1. The second-order valence-corrected chi connectivity index (χ2v) is 9.03. The van der Waals surface area contributed by atoms with Gasteiger partial charge >= 0.3 is 6.03 Å². The molecule has 0 radical (unpaired) electrons. The third kappa shape index (κ3) is 4.77. The van der Waals surface area contributed by atoms with Gasteiger partial charge in [-0.3, -0.25) is 4.79 Å². The molecule has 174 valence electrons. The highest BCUT2D eigenvalue weighted by molar-refractivity contribution is 5.90. The number of hydrogen-bond acceptors (Lipinski definition) is 4. The Morgan fingerprint density at radius 2 is 1.67 bits per heavy atom. The Balaban J connectivity index is 1.26. The Hall–Kier alpha value is -3.22. The molecule has 3 amide bonds.